The summed E-state index contributed by atoms with van der Waals surface area (Å²) < 4.78 is 0. The van der Waals surface area contributed by atoms with Gasteiger partial charge in [0.15, 0.2) is 5.96 Å². The third-order valence-corrected chi connectivity index (χ3v) is 6.19. The Morgan fingerprint density at radius 2 is 1.67 bits per heavy atom. The normalized spacial score (nSPS) is 20.3. The third-order valence-electron chi connectivity index (χ3n) is 6.19. The summed E-state index contributed by atoms with van der Waals surface area (Å²) in [5, 5.41) is 6.84. The van der Waals surface area contributed by atoms with Crippen LogP contribution in [0.15, 0.2) is 4.99 Å². The fourth-order valence-electron chi connectivity index (χ4n) is 4.52. The standard InChI is InChI=1S/C20H39N5O.HI/c1-21-19(22-14-15-25(4)17-10-6-5-7-11-17)23-16-20(12-8-9-13-20)18(26)24(2)3;/h17H,5-16H2,1-4H3,(H2,21,22,23);1H. The summed E-state index contributed by atoms with van der Waals surface area (Å²) in [4.78, 5) is 21.2. The molecule has 0 aromatic heterocycles. The number of aliphatic imine (C=N–C) groups is 1. The molecular formula is C20H40IN5O. The van der Waals surface area contributed by atoms with E-state index in [-0.39, 0.29) is 35.3 Å². The molecule has 27 heavy (non-hydrogen) atoms. The molecule has 2 fully saturated rings. The van der Waals surface area contributed by atoms with Crippen molar-refractivity contribution in [1.82, 2.24) is 20.4 Å². The van der Waals surface area contributed by atoms with Gasteiger partial charge in [-0.2, -0.15) is 0 Å². The number of halogens is 1. The van der Waals surface area contributed by atoms with Gasteiger partial charge in [-0.05, 0) is 32.7 Å². The minimum absolute atomic E-state index is 0. The molecule has 7 heteroatoms. The van der Waals surface area contributed by atoms with Crippen molar-refractivity contribution in [2.24, 2.45) is 10.4 Å². The number of nitrogens with zero attached hydrogens (tertiary/aromatic N) is 3. The fourth-order valence-corrected chi connectivity index (χ4v) is 4.52. The second-order valence-corrected chi connectivity index (χ2v) is 8.31. The predicted molar refractivity (Wildman–Crippen MR) is 124 cm³/mol. The van der Waals surface area contributed by atoms with Crippen LogP contribution in [0.25, 0.3) is 0 Å². The molecule has 0 saturated heterocycles. The van der Waals surface area contributed by atoms with Crippen LogP contribution in [0.4, 0.5) is 0 Å². The summed E-state index contributed by atoms with van der Waals surface area (Å²) in [6, 6.07) is 0.736. The zero-order chi connectivity index (χ0) is 19.0. The highest BCUT2D eigenvalue weighted by atomic mass is 127. The molecule has 0 atom stereocenters. The molecule has 2 aliphatic carbocycles. The average Bonchev–Trinajstić information content (AvgIpc) is 3.14. The van der Waals surface area contributed by atoms with Gasteiger partial charge in [-0.3, -0.25) is 9.79 Å². The Hall–Kier alpha value is -0.570. The number of hydrogen-bond acceptors (Lipinski definition) is 3. The first-order valence-corrected chi connectivity index (χ1v) is 10.3. The van der Waals surface area contributed by atoms with Gasteiger partial charge in [0.1, 0.15) is 0 Å². The van der Waals surface area contributed by atoms with Gasteiger partial charge >= 0.3 is 0 Å². The predicted octanol–water partition coefficient (Wildman–Crippen LogP) is 2.68. The molecule has 0 bridgehead atoms. The Labute approximate surface area is 182 Å². The summed E-state index contributed by atoms with van der Waals surface area (Å²) in [5.41, 5.74) is -0.264. The van der Waals surface area contributed by atoms with E-state index in [0.29, 0.717) is 6.54 Å². The molecular weight excluding hydrogens is 453 g/mol. The van der Waals surface area contributed by atoms with Gasteiger partial charge in [-0.15, -0.1) is 24.0 Å². The number of guanidine groups is 1. The summed E-state index contributed by atoms with van der Waals surface area (Å²) in [5.74, 6) is 1.05. The van der Waals surface area contributed by atoms with E-state index in [1.54, 1.807) is 11.9 Å². The van der Waals surface area contributed by atoms with E-state index in [1.807, 2.05) is 14.1 Å². The van der Waals surface area contributed by atoms with Crippen LogP contribution in [-0.2, 0) is 4.79 Å². The van der Waals surface area contributed by atoms with Gasteiger partial charge < -0.3 is 20.4 Å². The highest BCUT2D eigenvalue weighted by molar-refractivity contribution is 14.0. The van der Waals surface area contributed by atoms with E-state index in [9.17, 15) is 4.79 Å². The molecule has 2 rings (SSSR count). The molecule has 0 aliphatic heterocycles. The molecule has 2 N–H and O–H groups in total. The van der Waals surface area contributed by atoms with Crippen molar-refractivity contribution < 1.29 is 4.79 Å². The molecule has 1 amide bonds. The van der Waals surface area contributed by atoms with E-state index >= 15 is 0 Å². The summed E-state index contributed by atoms with van der Waals surface area (Å²) in [6.45, 7) is 2.57. The van der Waals surface area contributed by atoms with Crippen LogP contribution in [0.1, 0.15) is 57.8 Å². The molecule has 0 radical (unpaired) electrons. The van der Waals surface area contributed by atoms with Gasteiger partial charge in [0.2, 0.25) is 5.91 Å². The molecule has 2 aliphatic rings. The Bertz CT molecular complexity index is 471. The molecule has 0 aromatic carbocycles. The van der Waals surface area contributed by atoms with Crippen LogP contribution in [0.2, 0.25) is 0 Å². The van der Waals surface area contributed by atoms with Gasteiger partial charge in [0, 0.05) is 46.8 Å². The lowest BCUT2D eigenvalue weighted by atomic mass is 9.84. The number of carbonyl (C=O) groups excluding carboxylic acids is 1. The molecule has 158 valence electrons. The van der Waals surface area contributed by atoms with Crippen molar-refractivity contribution in [3.8, 4) is 0 Å². The first kappa shape index (κ1) is 24.5. The largest absolute Gasteiger partial charge is 0.355 e. The lowest BCUT2D eigenvalue weighted by Gasteiger charge is -2.32. The lowest BCUT2D eigenvalue weighted by molar-refractivity contribution is -0.138. The van der Waals surface area contributed by atoms with E-state index in [2.05, 4.69) is 27.6 Å². The van der Waals surface area contributed by atoms with Crippen LogP contribution in [0, 0.1) is 5.41 Å². The Morgan fingerprint density at radius 1 is 1.04 bits per heavy atom. The van der Waals surface area contributed by atoms with Gasteiger partial charge in [-0.1, -0.05) is 32.1 Å². The Balaban J connectivity index is 0.00000364. The second-order valence-electron chi connectivity index (χ2n) is 8.31. The molecule has 0 unspecified atom stereocenters. The zero-order valence-corrected chi connectivity index (χ0v) is 20.1. The van der Waals surface area contributed by atoms with E-state index in [4.69, 9.17) is 0 Å². The van der Waals surface area contributed by atoms with Crippen LogP contribution in [0.3, 0.4) is 0 Å². The zero-order valence-electron chi connectivity index (χ0n) is 17.7. The van der Waals surface area contributed by atoms with E-state index in [0.717, 1.165) is 50.8 Å². The van der Waals surface area contributed by atoms with E-state index < -0.39 is 0 Å². The van der Waals surface area contributed by atoms with Crippen molar-refractivity contribution in [1.29, 1.82) is 0 Å². The maximum Gasteiger partial charge on any atom is 0.230 e. The highest BCUT2D eigenvalue weighted by Gasteiger charge is 2.42. The number of likely N-dealkylation sites (N-methyl/N-ethyl adjacent to an activating group) is 1. The number of nitrogens with one attached hydrogen (secondary N) is 2. The third kappa shape index (κ3) is 7.07. The first-order chi connectivity index (χ1) is 12.5. The van der Waals surface area contributed by atoms with Crippen molar-refractivity contribution in [2.75, 3.05) is 47.8 Å². The topological polar surface area (TPSA) is 60.0 Å². The number of hydrogen-bond donors (Lipinski definition) is 2. The number of carbonyl (C=O) groups is 1. The monoisotopic (exact) mass is 493 g/mol. The van der Waals surface area contributed by atoms with Crippen LogP contribution in [0.5, 0.6) is 0 Å². The molecule has 0 spiro atoms. The highest BCUT2D eigenvalue weighted by Crippen LogP contribution is 2.38. The molecule has 2 saturated carbocycles. The molecule has 0 heterocycles. The fraction of sp³-hybridized carbons (Fsp3) is 0.900. The van der Waals surface area contributed by atoms with Crippen molar-refractivity contribution in [3.05, 3.63) is 0 Å². The average molecular weight is 493 g/mol. The number of amides is 1. The van der Waals surface area contributed by atoms with Crippen LogP contribution in [-0.4, -0.2) is 75.5 Å². The summed E-state index contributed by atoms with van der Waals surface area (Å²) in [7, 11) is 7.75. The van der Waals surface area contributed by atoms with Crippen molar-refractivity contribution in [2.45, 2.75) is 63.8 Å². The first-order valence-electron chi connectivity index (χ1n) is 10.3. The van der Waals surface area contributed by atoms with Crippen molar-refractivity contribution in [3.63, 3.8) is 0 Å². The van der Waals surface area contributed by atoms with Crippen LogP contribution >= 0.6 is 24.0 Å². The smallest absolute Gasteiger partial charge is 0.230 e. The minimum atomic E-state index is -0.264. The van der Waals surface area contributed by atoms with Crippen molar-refractivity contribution >= 4 is 35.8 Å². The maximum absolute atomic E-state index is 12.7. The SMILES string of the molecule is CN=C(NCCN(C)C1CCCCC1)NCC1(C(=O)N(C)C)CCCC1.I. The maximum atomic E-state index is 12.7. The van der Waals surface area contributed by atoms with Gasteiger partial charge in [-0.25, -0.2) is 0 Å². The second kappa shape index (κ2) is 12.1. The number of rotatable bonds is 7. The van der Waals surface area contributed by atoms with E-state index in [1.165, 1.54) is 32.1 Å². The van der Waals surface area contributed by atoms with Gasteiger partial charge in [0.05, 0.1) is 5.41 Å². The Kier molecular flexibility index (Phi) is 11.0. The van der Waals surface area contributed by atoms with Crippen LogP contribution < -0.4 is 10.6 Å². The molecule has 0 aromatic rings. The Morgan fingerprint density at radius 3 is 2.22 bits per heavy atom. The lowest BCUT2D eigenvalue weighted by Crippen LogP contribution is -2.50. The minimum Gasteiger partial charge on any atom is -0.355 e. The summed E-state index contributed by atoms with van der Waals surface area (Å²) in [6.07, 6.45) is 11.0. The summed E-state index contributed by atoms with van der Waals surface area (Å²) >= 11 is 0. The molecule has 6 nitrogen and oxygen atoms in total. The quantitative estimate of drug-likeness (QED) is 0.325. The van der Waals surface area contributed by atoms with Gasteiger partial charge in [0.25, 0.3) is 0 Å².